The van der Waals surface area contributed by atoms with E-state index < -0.39 is 5.60 Å². The lowest BCUT2D eigenvalue weighted by Crippen LogP contribution is -2.45. The largest absolute Gasteiger partial charge is 0.389 e. The first-order chi connectivity index (χ1) is 8.54. The summed E-state index contributed by atoms with van der Waals surface area (Å²) in [7, 11) is 0. The summed E-state index contributed by atoms with van der Waals surface area (Å²) in [5.74, 6) is 2.09. The Morgan fingerprint density at radius 2 is 2.17 bits per heavy atom. The maximum absolute atomic E-state index is 10.2. The lowest BCUT2D eigenvalue weighted by atomic mass is 9.97. The summed E-state index contributed by atoms with van der Waals surface area (Å²) in [6.07, 6.45) is 4.54. The van der Waals surface area contributed by atoms with Crippen LogP contribution in [0.1, 0.15) is 57.2 Å². The van der Waals surface area contributed by atoms with E-state index in [2.05, 4.69) is 15.0 Å². The molecule has 5 heteroatoms. The van der Waals surface area contributed by atoms with Gasteiger partial charge in [0, 0.05) is 12.0 Å². The first-order valence-corrected chi connectivity index (χ1v) is 6.83. The molecule has 0 radical (unpaired) electrons. The smallest absolute Gasteiger partial charge is 0.240 e. The number of aliphatic hydroxyl groups is 1. The highest BCUT2D eigenvalue weighted by molar-refractivity contribution is 5.03. The summed E-state index contributed by atoms with van der Waals surface area (Å²) in [6, 6.07) is 0.189. The van der Waals surface area contributed by atoms with E-state index >= 15 is 0 Å². The molecular formula is C13H21N3O2. The van der Waals surface area contributed by atoms with E-state index in [9.17, 15) is 5.11 Å². The molecular weight excluding hydrogens is 230 g/mol. The van der Waals surface area contributed by atoms with Crippen LogP contribution in [0.15, 0.2) is 4.52 Å². The van der Waals surface area contributed by atoms with Crippen LogP contribution < -0.4 is 0 Å². The Morgan fingerprint density at radius 1 is 1.39 bits per heavy atom. The summed E-state index contributed by atoms with van der Waals surface area (Å²) in [5.41, 5.74) is -0.671. The maximum Gasteiger partial charge on any atom is 0.240 e. The number of likely N-dealkylation sites (tertiary alicyclic amines) is 1. The van der Waals surface area contributed by atoms with Crippen molar-refractivity contribution in [2.75, 3.05) is 6.54 Å². The Balaban J connectivity index is 1.67. The second-order valence-corrected chi connectivity index (χ2v) is 6.10. The zero-order chi connectivity index (χ0) is 12.8. The molecule has 0 spiro atoms. The lowest BCUT2D eigenvalue weighted by Gasteiger charge is -2.32. The second-order valence-electron chi connectivity index (χ2n) is 6.10. The van der Waals surface area contributed by atoms with Gasteiger partial charge in [-0.25, -0.2) is 0 Å². The molecule has 1 aromatic heterocycles. The van der Waals surface area contributed by atoms with Crippen LogP contribution in [0.5, 0.6) is 0 Å². The van der Waals surface area contributed by atoms with Crippen molar-refractivity contribution in [3.63, 3.8) is 0 Å². The van der Waals surface area contributed by atoms with Gasteiger partial charge in [0.25, 0.3) is 0 Å². The lowest BCUT2D eigenvalue weighted by molar-refractivity contribution is -0.00774. The Hall–Kier alpha value is -0.940. The van der Waals surface area contributed by atoms with Crippen LogP contribution in [-0.2, 0) is 6.54 Å². The number of aromatic nitrogens is 2. The van der Waals surface area contributed by atoms with Crippen molar-refractivity contribution in [3.05, 3.63) is 11.7 Å². The molecule has 2 fully saturated rings. The monoisotopic (exact) mass is 251 g/mol. The molecule has 100 valence electrons. The van der Waals surface area contributed by atoms with Gasteiger partial charge in [-0.15, -0.1) is 0 Å². The van der Waals surface area contributed by atoms with Gasteiger partial charge in [0.1, 0.15) is 0 Å². The summed E-state index contributed by atoms with van der Waals surface area (Å²) >= 11 is 0. The molecule has 1 aliphatic heterocycles. The third-order valence-electron chi connectivity index (χ3n) is 3.94. The fraction of sp³-hybridized carbons (Fsp3) is 0.846. The molecule has 1 aromatic rings. The molecule has 1 saturated carbocycles. The van der Waals surface area contributed by atoms with Crippen LogP contribution in [0.25, 0.3) is 0 Å². The zero-order valence-corrected chi connectivity index (χ0v) is 11.1. The highest BCUT2D eigenvalue weighted by Crippen LogP contribution is 2.38. The Labute approximate surface area is 107 Å². The standard InChI is InChI=1S/C13H21N3O2/c1-13(2,17)10-4-3-7-16(10)8-11-14-12(15-18-11)9-5-6-9/h9-10,17H,3-8H2,1-2H3. The molecule has 2 aliphatic rings. The summed E-state index contributed by atoms with van der Waals surface area (Å²) in [4.78, 5) is 6.71. The van der Waals surface area contributed by atoms with Crippen LogP contribution in [0, 0.1) is 0 Å². The molecule has 2 heterocycles. The van der Waals surface area contributed by atoms with E-state index in [4.69, 9.17) is 4.52 Å². The van der Waals surface area contributed by atoms with E-state index in [1.54, 1.807) is 0 Å². The molecule has 1 aliphatic carbocycles. The molecule has 1 saturated heterocycles. The normalized spacial score (nSPS) is 25.8. The van der Waals surface area contributed by atoms with Gasteiger partial charge in [0.15, 0.2) is 5.82 Å². The zero-order valence-electron chi connectivity index (χ0n) is 11.1. The van der Waals surface area contributed by atoms with E-state index in [0.717, 1.165) is 25.2 Å². The number of rotatable bonds is 4. The molecule has 0 aromatic carbocycles. The van der Waals surface area contributed by atoms with Crippen molar-refractivity contribution >= 4 is 0 Å². The average molecular weight is 251 g/mol. The van der Waals surface area contributed by atoms with E-state index in [-0.39, 0.29) is 6.04 Å². The van der Waals surface area contributed by atoms with Crippen LogP contribution in [-0.4, -0.2) is 38.3 Å². The molecule has 3 rings (SSSR count). The average Bonchev–Trinajstić information content (AvgIpc) is 2.85. The van der Waals surface area contributed by atoms with Gasteiger partial charge in [-0.3, -0.25) is 4.90 Å². The minimum absolute atomic E-state index is 0.189. The van der Waals surface area contributed by atoms with Gasteiger partial charge in [-0.1, -0.05) is 5.16 Å². The Kier molecular flexibility index (Phi) is 2.90. The quantitative estimate of drug-likeness (QED) is 0.882. The Morgan fingerprint density at radius 3 is 2.83 bits per heavy atom. The van der Waals surface area contributed by atoms with Crippen molar-refractivity contribution in [2.24, 2.45) is 0 Å². The Bertz CT molecular complexity index is 420. The maximum atomic E-state index is 10.2. The molecule has 0 amide bonds. The highest BCUT2D eigenvalue weighted by Gasteiger charge is 2.37. The fourth-order valence-electron chi connectivity index (χ4n) is 2.83. The van der Waals surface area contributed by atoms with Crippen LogP contribution in [0.3, 0.4) is 0 Å². The predicted octanol–water partition coefficient (Wildman–Crippen LogP) is 1.68. The van der Waals surface area contributed by atoms with Crippen LogP contribution in [0.2, 0.25) is 0 Å². The minimum Gasteiger partial charge on any atom is -0.389 e. The van der Waals surface area contributed by atoms with Gasteiger partial charge in [0.2, 0.25) is 5.89 Å². The van der Waals surface area contributed by atoms with Crippen molar-refractivity contribution < 1.29 is 9.63 Å². The summed E-state index contributed by atoms with van der Waals surface area (Å²) in [6.45, 7) is 5.41. The highest BCUT2D eigenvalue weighted by atomic mass is 16.5. The summed E-state index contributed by atoms with van der Waals surface area (Å²) in [5, 5.41) is 14.2. The molecule has 18 heavy (non-hydrogen) atoms. The first kappa shape index (κ1) is 12.1. The minimum atomic E-state index is -0.671. The molecule has 5 nitrogen and oxygen atoms in total. The first-order valence-electron chi connectivity index (χ1n) is 6.83. The predicted molar refractivity (Wildman–Crippen MR) is 66.0 cm³/mol. The third-order valence-corrected chi connectivity index (χ3v) is 3.94. The topological polar surface area (TPSA) is 62.4 Å². The van der Waals surface area contributed by atoms with Gasteiger partial charge in [0.05, 0.1) is 12.1 Å². The number of nitrogens with zero attached hydrogens (tertiary/aromatic N) is 3. The van der Waals surface area contributed by atoms with E-state index in [0.29, 0.717) is 18.4 Å². The fourth-order valence-corrected chi connectivity index (χ4v) is 2.83. The molecule has 1 N–H and O–H groups in total. The van der Waals surface area contributed by atoms with Crippen molar-refractivity contribution in [3.8, 4) is 0 Å². The van der Waals surface area contributed by atoms with Gasteiger partial charge >= 0.3 is 0 Å². The van der Waals surface area contributed by atoms with Gasteiger partial charge < -0.3 is 9.63 Å². The van der Waals surface area contributed by atoms with E-state index in [1.165, 1.54) is 12.8 Å². The molecule has 1 atom stereocenters. The van der Waals surface area contributed by atoms with Crippen LogP contribution in [0.4, 0.5) is 0 Å². The molecule has 0 bridgehead atoms. The van der Waals surface area contributed by atoms with Gasteiger partial charge in [-0.05, 0) is 46.1 Å². The van der Waals surface area contributed by atoms with Crippen molar-refractivity contribution in [2.45, 2.75) is 63.6 Å². The number of hydrogen-bond acceptors (Lipinski definition) is 5. The van der Waals surface area contributed by atoms with Gasteiger partial charge in [-0.2, -0.15) is 4.98 Å². The SMILES string of the molecule is CC(C)(O)C1CCCN1Cc1nc(C2CC2)no1. The summed E-state index contributed by atoms with van der Waals surface area (Å²) < 4.78 is 5.30. The second kappa shape index (κ2) is 4.31. The number of hydrogen-bond donors (Lipinski definition) is 1. The van der Waals surface area contributed by atoms with Crippen LogP contribution >= 0.6 is 0 Å². The van der Waals surface area contributed by atoms with Crippen molar-refractivity contribution in [1.29, 1.82) is 0 Å². The van der Waals surface area contributed by atoms with E-state index in [1.807, 2.05) is 13.8 Å². The molecule has 1 unspecified atom stereocenters. The van der Waals surface area contributed by atoms with Crippen molar-refractivity contribution in [1.82, 2.24) is 15.0 Å². The third kappa shape index (κ3) is 2.42.